The molecule has 1 N–H and O–H groups in total. The number of hydrogen-bond donors (Lipinski definition) is 1. The van der Waals surface area contributed by atoms with Gasteiger partial charge in [0.1, 0.15) is 11.5 Å². The lowest BCUT2D eigenvalue weighted by molar-refractivity contribution is 0.0697. The summed E-state index contributed by atoms with van der Waals surface area (Å²) in [5.41, 5.74) is 4.20. The first-order valence-corrected chi connectivity index (χ1v) is 9.30. The van der Waals surface area contributed by atoms with E-state index in [1.165, 1.54) is 18.2 Å². The van der Waals surface area contributed by atoms with Crippen molar-refractivity contribution in [1.82, 2.24) is 9.78 Å². The van der Waals surface area contributed by atoms with Crippen molar-refractivity contribution >= 4 is 17.9 Å². The van der Waals surface area contributed by atoms with Crippen molar-refractivity contribution < 1.29 is 14.3 Å². The number of carbonyl (C=O) groups is 1. The minimum atomic E-state index is -0.988. The van der Waals surface area contributed by atoms with Gasteiger partial charge in [-0.2, -0.15) is 5.10 Å². The van der Waals surface area contributed by atoms with Crippen LogP contribution in [0.25, 0.3) is 16.9 Å². The predicted octanol–water partition coefficient (Wildman–Crippen LogP) is 5.44. The van der Waals surface area contributed by atoms with E-state index < -0.39 is 5.97 Å². The van der Waals surface area contributed by atoms with E-state index in [4.69, 9.17) is 5.11 Å². The summed E-state index contributed by atoms with van der Waals surface area (Å²) in [5.74, 6) is -1.28. The molecule has 0 aliphatic rings. The highest BCUT2D eigenvalue weighted by Gasteiger charge is 2.13. The number of aryl methyl sites for hydroxylation is 1. The lowest BCUT2D eigenvalue weighted by Gasteiger charge is -2.02. The molecule has 0 spiro atoms. The molecule has 0 saturated carbocycles. The Balaban J connectivity index is 1.75. The molecule has 0 aliphatic heterocycles. The van der Waals surface area contributed by atoms with Crippen LogP contribution in [-0.2, 0) is 0 Å². The number of carboxylic acids is 1. The van der Waals surface area contributed by atoms with Crippen molar-refractivity contribution in [2.75, 3.05) is 0 Å². The van der Waals surface area contributed by atoms with Gasteiger partial charge < -0.3 is 5.11 Å². The molecule has 1 aromatic heterocycles. The summed E-state index contributed by atoms with van der Waals surface area (Å²) >= 11 is 0. The number of halogens is 1. The second-order valence-corrected chi connectivity index (χ2v) is 6.79. The van der Waals surface area contributed by atoms with Gasteiger partial charge in [-0.1, -0.05) is 30.3 Å². The predicted molar refractivity (Wildman–Crippen MR) is 114 cm³/mol. The Kier molecular flexibility index (Phi) is 5.22. The number of aliphatic imine (C=N–C) groups is 1. The Morgan fingerprint density at radius 3 is 2.47 bits per heavy atom. The summed E-state index contributed by atoms with van der Waals surface area (Å²) in [6, 6.07) is 20.9. The van der Waals surface area contributed by atoms with Crippen LogP contribution in [0.3, 0.4) is 0 Å². The standard InChI is InChI=1S/C24H18FN3O2/c1-16-7-8-18(13-22(16)25)23-19(15-28(27-23)21-5-3-2-4-6-21)14-26-20-11-9-17(10-12-20)24(29)30/h2-15H,1H3,(H,29,30). The maximum Gasteiger partial charge on any atom is 0.335 e. The van der Waals surface area contributed by atoms with Crippen LogP contribution < -0.4 is 0 Å². The van der Waals surface area contributed by atoms with Crippen LogP contribution in [0.15, 0.2) is 84.0 Å². The first-order valence-electron chi connectivity index (χ1n) is 9.30. The summed E-state index contributed by atoms with van der Waals surface area (Å²) in [4.78, 5) is 15.4. The number of aromatic carboxylic acids is 1. The maximum atomic E-state index is 14.2. The first-order chi connectivity index (χ1) is 14.5. The molecule has 4 rings (SSSR count). The highest BCUT2D eigenvalue weighted by molar-refractivity contribution is 5.91. The van der Waals surface area contributed by atoms with E-state index in [0.29, 0.717) is 28.1 Å². The lowest BCUT2D eigenvalue weighted by Crippen LogP contribution is -1.94. The largest absolute Gasteiger partial charge is 0.478 e. The number of rotatable bonds is 5. The summed E-state index contributed by atoms with van der Waals surface area (Å²) in [5, 5.41) is 13.7. The van der Waals surface area contributed by atoms with Gasteiger partial charge in [-0.05, 0) is 55.0 Å². The molecule has 0 unspecified atom stereocenters. The van der Waals surface area contributed by atoms with Gasteiger partial charge in [0.15, 0.2) is 0 Å². The third-order valence-corrected chi connectivity index (χ3v) is 4.68. The van der Waals surface area contributed by atoms with Crippen molar-refractivity contribution in [2.24, 2.45) is 4.99 Å². The van der Waals surface area contributed by atoms with Gasteiger partial charge in [-0.15, -0.1) is 0 Å². The van der Waals surface area contributed by atoms with Crippen molar-refractivity contribution in [1.29, 1.82) is 0 Å². The molecule has 30 heavy (non-hydrogen) atoms. The molecule has 148 valence electrons. The quantitative estimate of drug-likeness (QED) is 0.455. The van der Waals surface area contributed by atoms with Gasteiger partial charge in [-0.25, -0.2) is 13.9 Å². The number of carboxylic acid groups (broad SMARTS) is 1. The normalized spacial score (nSPS) is 11.1. The van der Waals surface area contributed by atoms with E-state index >= 15 is 0 Å². The van der Waals surface area contributed by atoms with E-state index in [1.807, 2.05) is 42.6 Å². The van der Waals surface area contributed by atoms with Crippen LogP contribution >= 0.6 is 0 Å². The molecular weight excluding hydrogens is 381 g/mol. The molecule has 0 bridgehead atoms. The fraction of sp³-hybridized carbons (Fsp3) is 0.0417. The summed E-state index contributed by atoms with van der Waals surface area (Å²) in [6.07, 6.45) is 3.48. The Hall–Kier alpha value is -4.06. The van der Waals surface area contributed by atoms with Gasteiger partial charge in [0.25, 0.3) is 0 Å². The average molecular weight is 399 g/mol. The van der Waals surface area contributed by atoms with Gasteiger partial charge >= 0.3 is 5.97 Å². The third-order valence-electron chi connectivity index (χ3n) is 4.68. The Labute approximate surface area is 172 Å². The second-order valence-electron chi connectivity index (χ2n) is 6.79. The molecule has 3 aromatic carbocycles. The molecule has 0 atom stereocenters. The number of nitrogens with zero attached hydrogens (tertiary/aromatic N) is 3. The third kappa shape index (κ3) is 4.03. The highest BCUT2D eigenvalue weighted by Crippen LogP contribution is 2.25. The smallest absolute Gasteiger partial charge is 0.335 e. The molecular formula is C24H18FN3O2. The fourth-order valence-electron chi connectivity index (χ4n) is 2.99. The molecule has 0 radical (unpaired) electrons. The molecule has 4 aromatic rings. The highest BCUT2D eigenvalue weighted by atomic mass is 19.1. The van der Waals surface area contributed by atoms with Crippen LogP contribution in [0.5, 0.6) is 0 Å². The van der Waals surface area contributed by atoms with Gasteiger partial charge in [-0.3, -0.25) is 4.99 Å². The molecule has 0 aliphatic carbocycles. The number of para-hydroxylation sites is 1. The zero-order valence-corrected chi connectivity index (χ0v) is 16.2. The van der Waals surface area contributed by atoms with Crippen molar-refractivity contribution in [3.8, 4) is 16.9 Å². The van der Waals surface area contributed by atoms with Crippen molar-refractivity contribution in [3.05, 3.63) is 102 Å². The van der Waals surface area contributed by atoms with E-state index in [0.717, 1.165) is 5.69 Å². The molecule has 1 heterocycles. The number of aromatic nitrogens is 2. The summed E-state index contributed by atoms with van der Waals surface area (Å²) in [6.45, 7) is 1.71. The number of benzene rings is 3. The molecule has 6 heteroatoms. The van der Waals surface area contributed by atoms with Crippen LogP contribution in [0.1, 0.15) is 21.5 Å². The topological polar surface area (TPSA) is 67.5 Å². The molecule has 0 amide bonds. The van der Waals surface area contributed by atoms with Gasteiger partial charge in [0.2, 0.25) is 0 Å². The maximum absolute atomic E-state index is 14.2. The summed E-state index contributed by atoms with van der Waals surface area (Å²) in [7, 11) is 0. The Morgan fingerprint density at radius 2 is 1.80 bits per heavy atom. The SMILES string of the molecule is Cc1ccc(-c2nn(-c3ccccc3)cc2C=Nc2ccc(C(=O)O)cc2)cc1F. The minimum Gasteiger partial charge on any atom is -0.478 e. The van der Waals surface area contributed by atoms with Crippen LogP contribution in [-0.4, -0.2) is 27.1 Å². The zero-order chi connectivity index (χ0) is 21.1. The van der Waals surface area contributed by atoms with Crippen molar-refractivity contribution in [3.63, 3.8) is 0 Å². The molecule has 5 nitrogen and oxygen atoms in total. The summed E-state index contributed by atoms with van der Waals surface area (Å²) < 4.78 is 15.9. The van der Waals surface area contributed by atoms with E-state index in [2.05, 4.69) is 10.1 Å². The van der Waals surface area contributed by atoms with E-state index in [9.17, 15) is 9.18 Å². The second kappa shape index (κ2) is 8.13. The van der Waals surface area contributed by atoms with Crippen LogP contribution in [0.2, 0.25) is 0 Å². The fourth-order valence-corrected chi connectivity index (χ4v) is 2.99. The first kappa shape index (κ1) is 19.3. The lowest BCUT2D eigenvalue weighted by atomic mass is 10.1. The average Bonchev–Trinajstić information content (AvgIpc) is 3.19. The van der Waals surface area contributed by atoms with Crippen LogP contribution in [0, 0.1) is 12.7 Å². The number of hydrogen-bond acceptors (Lipinski definition) is 3. The molecule has 0 saturated heterocycles. The van der Waals surface area contributed by atoms with Crippen molar-refractivity contribution in [2.45, 2.75) is 6.92 Å². The zero-order valence-electron chi connectivity index (χ0n) is 16.2. The van der Waals surface area contributed by atoms with E-state index in [-0.39, 0.29) is 11.4 Å². The van der Waals surface area contributed by atoms with E-state index in [1.54, 1.807) is 36.0 Å². The van der Waals surface area contributed by atoms with Gasteiger partial charge in [0, 0.05) is 23.5 Å². The van der Waals surface area contributed by atoms with Crippen LogP contribution in [0.4, 0.5) is 10.1 Å². The Morgan fingerprint density at radius 1 is 1.07 bits per heavy atom. The van der Waals surface area contributed by atoms with Gasteiger partial charge in [0.05, 0.1) is 16.9 Å². The minimum absolute atomic E-state index is 0.196. The Bertz CT molecular complexity index is 1230. The molecule has 0 fully saturated rings. The monoisotopic (exact) mass is 399 g/mol.